The van der Waals surface area contributed by atoms with E-state index < -0.39 is 101 Å². The van der Waals surface area contributed by atoms with Gasteiger partial charge in [-0.1, -0.05) is 6.07 Å². The van der Waals surface area contributed by atoms with Gasteiger partial charge in [-0.25, -0.2) is 17.6 Å². The van der Waals surface area contributed by atoms with E-state index in [1.165, 1.54) is 0 Å². The minimum Gasteiger partial charge on any atom is -0.481 e. The molecule has 0 spiro atoms. The number of ether oxygens (including phenoxy) is 1. The molecule has 0 fully saturated rings. The molecule has 0 bridgehead atoms. The van der Waals surface area contributed by atoms with Gasteiger partial charge in [0.15, 0.2) is 23.2 Å². The molecule has 198 valence electrons. The molecule has 4 N–H and O–H groups in total. The normalized spacial score (nSPS) is 11.3. The summed E-state index contributed by atoms with van der Waals surface area (Å²) in [6, 6.07) is 0.553. The van der Waals surface area contributed by atoms with Crippen molar-refractivity contribution in [2.75, 3.05) is 18.5 Å². The van der Waals surface area contributed by atoms with E-state index in [0.717, 1.165) is 18.2 Å². The lowest BCUT2D eigenvalue weighted by Crippen LogP contribution is -2.49. The lowest BCUT2D eigenvalue weighted by molar-refractivity contribution is -0.140. The van der Waals surface area contributed by atoms with Gasteiger partial charge in [-0.15, -0.1) is 0 Å². The second-order valence-corrected chi connectivity index (χ2v) is 7.00. The van der Waals surface area contributed by atoms with Crippen LogP contribution in [0.15, 0.2) is 24.3 Å². The van der Waals surface area contributed by atoms with Crippen LogP contribution in [0.25, 0.3) is 0 Å². The fourth-order valence-electron chi connectivity index (χ4n) is 2.62. The fourth-order valence-corrected chi connectivity index (χ4v) is 2.62. The molecule has 0 aromatic heterocycles. The molecule has 2 aromatic carbocycles. The van der Waals surface area contributed by atoms with E-state index in [-0.39, 0.29) is 6.07 Å². The van der Waals surface area contributed by atoms with Crippen LogP contribution in [0.3, 0.4) is 0 Å². The Bertz CT molecular complexity index is 1210. The number of anilines is 1. The quantitative estimate of drug-likeness (QED) is 0.203. The maximum atomic E-state index is 13.6. The van der Waals surface area contributed by atoms with Crippen LogP contribution in [0, 0.1) is 34.9 Å². The molecule has 0 saturated heterocycles. The van der Waals surface area contributed by atoms with Gasteiger partial charge in [0.05, 0.1) is 13.0 Å². The minimum absolute atomic E-state index is 0.117. The molecule has 0 heterocycles. The molecule has 0 unspecified atom stereocenters. The van der Waals surface area contributed by atoms with Crippen LogP contribution in [0.1, 0.15) is 6.42 Å². The second kappa shape index (κ2) is 12.4. The van der Waals surface area contributed by atoms with Crippen LogP contribution in [-0.4, -0.2) is 53.8 Å². The number of hydrogen-bond acceptors (Lipinski definition) is 6. The first-order valence-corrected chi connectivity index (χ1v) is 9.84. The Labute approximate surface area is 202 Å². The Hall–Kier alpha value is -4.63. The Morgan fingerprint density at radius 3 is 1.97 bits per heavy atom. The van der Waals surface area contributed by atoms with Gasteiger partial charge >= 0.3 is 17.8 Å². The number of halogens is 6. The number of ketones is 1. The summed E-state index contributed by atoms with van der Waals surface area (Å²) in [6.45, 7) is -2.37. The topological polar surface area (TPSA) is 151 Å². The van der Waals surface area contributed by atoms with Crippen molar-refractivity contribution in [3.05, 3.63) is 59.2 Å². The van der Waals surface area contributed by atoms with E-state index >= 15 is 0 Å². The lowest BCUT2D eigenvalue weighted by atomic mass is 10.1. The summed E-state index contributed by atoms with van der Waals surface area (Å²) in [6.07, 6.45) is -1.09. The van der Waals surface area contributed by atoms with Crippen molar-refractivity contribution in [3.63, 3.8) is 0 Å². The SMILES string of the molecule is O=C(O)C[C@H](NC(=O)CNC(=O)C(=O)Nc1c(F)cccc1F)C(=O)COc1c(F)c(F)cc(F)c1F. The largest absolute Gasteiger partial charge is 0.481 e. The summed E-state index contributed by atoms with van der Waals surface area (Å²) < 4.78 is 85.3. The summed E-state index contributed by atoms with van der Waals surface area (Å²) >= 11 is 0. The van der Waals surface area contributed by atoms with Gasteiger partial charge in [-0.2, -0.15) is 8.78 Å². The van der Waals surface area contributed by atoms with Gasteiger partial charge in [0.1, 0.15) is 30.0 Å². The molecule has 16 heteroatoms. The summed E-state index contributed by atoms with van der Waals surface area (Å²) in [7, 11) is 0. The van der Waals surface area contributed by atoms with Crippen LogP contribution in [0.4, 0.5) is 32.0 Å². The minimum atomic E-state index is -1.97. The molecule has 0 aliphatic carbocycles. The molecular weight excluding hydrogens is 520 g/mol. The highest BCUT2D eigenvalue weighted by molar-refractivity contribution is 6.39. The Balaban J connectivity index is 1.98. The number of carboxylic acid groups (broad SMARTS) is 1. The highest BCUT2D eigenvalue weighted by atomic mass is 19.2. The van der Waals surface area contributed by atoms with E-state index in [1.807, 2.05) is 5.32 Å². The first-order valence-electron chi connectivity index (χ1n) is 9.84. The van der Waals surface area contributed by atoms with Gasteiger partial charge in [0.2, 0.25) is 17.5 Å². The maximum absolute atomic E-state index is 13.6. The van der Waals surface area contributed by atoms with Crippen LogP contribution in [-0.2, 0) is 24.0 Å². The number of amides is 3. The van der Waals surface area contributed by atoms with Gasteiger partial charge in [-0.3, -0.25) is 24.0 Å². The second-order valence-electron chi connectivity index (χ2n) is 7.00. The third-order valence-corrected chi connectivity index (χ3v) is 4.35. The summed E-state index contributed by atoms with van der Waals surface area (Å²) in [5, 5.41) is 14.2. The highest BCUT2D eigenvalue weighted by Crippen LogP contribution is 2.26. The number of Topliss-reactive ketones (excluding diaryl/α,β-unsaturated/α-hetero) is 1. The zero-order valence-corrected chi connectivity index (χ0v) is 18.2. The van der Waals surface area contributed by atoms with Gasteiger partial charge in [-0.05, 0) is 12.1 Å². The number of nitrogens with one attached hydrogen (secondary N) is 3. The Morgan fingerprint density at radius 1 is 0.865 bits per heavy atom. The zero-order chi connectivity index (χ0) is 27.9. The average Bonchev–Trinajstić information content (AvgIpc) is 2.82. The number of carbonyl (C=O) groups is 5. The van der Waals surface area contributed by atoms with Crippen molar-refractivity contribution in [3.8, 4) is 5.75 Å². The number of aliphatic carboxylic acids is 1. The predicted molar refractivity (Wildman–Crippen MR) is 109 cm³/mol. The first-order chi connectivity index (χ1) is 17.3. The number of benzene rings is 2. The molecule has 0 saturated carbocycles. The molecule has 1 atom stereocenters. The van der Waals surface area contributed by atoms with E-state index in [1.54, 1.807) is 10.6 Å². The smallest absolute Gasteiger partial charge is 0.313 e. The monoisotopic (exact) mass is 535 g/mol. The van der Waals surface area contributed by atoms with E-state index in [4.69, 9.17) is 5.11 Å². The third kappa shape index (κ3) is 7.68. The van der Waals surface area contributed by atoms with E-state index in [9.17, 15) is 50.3 Å². The average molecular weight is 535 g/mol. The molecule has 0 aliphatic rings. The standard InChI is InChI=1S/C21H15F6N3O7/c22-8-2-1-3-9(23)18(8)30-21(36)20(35)28-6-14(32)29-12(5-15(33)34)13(31)7-37-19-16(26)10(24)4-11(25)17(19)27/h1-4,12H,5-7H2,(H,28,35)(H,29,32)(H,30,36)(H,33,34)/t12-/m0/s1. The molecular formula is C21H15F6N3O7. The Morgan fingerprint density at radius 2 is 1.43 bits per heavy atom. The predicted octanol–water partition coefficient (Wildman–Crippen LogP) is 1.18. The van der Waals surface area contributed by atoms with Crippen molar-refractivity contribution >= 4 is 35.2 Å². The third-order valence-electron chi connectivity index (χ3n) is 4.35. The number of hydrogen-bond donors (Lipinski definition) is 4. The molecule has 2 rings (SSSR count). The van der Waals surface area contributed by atoms with Gasteiger partial charge in [0, 0.05) is 6.07 Å². The van der Waals surface area contributed by atoms with Crippen LogP contribution < -0.4 is 20.7 Å². The summed E-state index contributed by atoms with van der Waals surface area (Å²) in [5.74, 6) is -18.9. The van der Waals surface area contributed by atoms with E-state index in [2.05, 4.69) is 4.74 Å². The maximum Gasteiger partial charge on any atom is 0.313 e. The zero-order valence-electron chi connectivity index (χ0n) is 18.2. The lowest BCUT2D eigenvalue weighted by Gasteiger charge is -2.17. The number of rotatable bonds is 10. The van der Waals surface area contributed by atoms with Gasteiger partial charge < -0.3 is 25.8 Å². The Kier molecular flexibility index (Phi) is 9.56. The molecule has 10 nitrogen and oxygen atoms in total. The van der Waals surface area contributed by atoms with Crippen molar-refractivity contribution in [2.24, 2.45) is 0 Å². The molecule has 2 aromatic rings. The molecule has 37 heavy (non-hydrogen) atoms. The number of carbonyl (C=O) groups excluding carboxylic acids is 4. The molecule has 0 radical (unpaired) electrons. The van der Waals surface area contributed by atoms with Crippen LogP contribution in [0.5, 0.6) is 5.75 Å². The van der Waals surface area contributed by atoms with Gasteiger partial charge in [0.25, 0.3) is 0 Å². The number of carboxylic acids is 1. The molecule has 0 aliphatic heterocycles. The molecule has 3 amide bonds. The van der Waals surface area contributed by atoms with Crippen LogP contribution in [0.2, 0.25) is 0 Å². The summed E-state index contributed by atoms with van der Waals surface area (Å²) in [4.78, 5) is 58.8. The van der Waals surface area contributed by atoms with Crippen LogP contribution >= 0.6 is 0 Å². The van der Waals surface area contributed by atoms with Crippen molar-refractivity contribution < 1.29 is 60.2 Å². The van der Waals surface area contributed by atoms with E-state index in [0.29, 0.717) is 0 Å². The number of para-hydroxylation sites is 1. The highest BCUT2D eigenvalue weighted by Gasteiger charge is 2.27. The first kappa shape index (κ1) is 28.6. The van der Waals surface area contributed by atoms with Crippen molar-refractivity contribution in [1.29, 1.82) is 0 Å². The van der Waals surface area contributed by atoms with Crippen molar-refractivity contribution in [2.45, 2.75) is 12.5 Å². The summed E-state index contributed by atoms with van der Waals surface area (Å²) in [5.41, 5.74) is -0.940. The van der Waals surface area contributed by atoms with Crippen molar-refractivity contribution in [1.82, 2.24) is 10.6 Å². The fraction of sp³-hybridized carbons (Fsp3) is 0.190.